The van der Waals surface area contributed by atoms with E-state index in [0.29, 0.717) is 6.54 Å². The lowest BCUT2D eigenvalue weighted by Gasteiger charge is -2.12. The summed E-state index contributed by atoms with van der Waals surface area (Å²) in [6, 6.07) is 9.95. The van der Waals surface area contributed by atoms with Crippen LogP contribution in [0.25, 0.3) is 0 Å². The molecule has 5 heteroatoms. The van der Waals surface area contributed by atoms with Gasteiger partial charge in [0.2, 0.25) is 5.96 Å². The van der Waals surface area contributed by atoms with Gasteiger partial charge in [0, 0.05) is 18.3 Å². The molecule has 3 N–H and O–H groups in total. The molecule has 1 aromatic carbocycles. The Kier molecular flexibility index (Phi) is 6.08. The van der Waals surface area contributed by atoms with Gasteiger partial charge in [-0.2, -0.15) is 0 Å². The lowest BCUT2D eigenvalue weighted by molar-refractivity contribution is 0.638. The SMILES string of the molecule is Cl.N=C(N)N(Cl)CCc1ccccc1. The number of nitrogens with two attached hydrogens (primary N) is 1. The highest BCUT2D eigenvalue weighted by Gasteiger charge is 2.01. The Morgan fingerprint density at radius 2 is 1.93 bits per heavy atom. The largest absolute Gasteiger partial charge is 0.369 e. The Balaban J connectivity index is 0.00000169. The van der Waals surface area contributed by atoms with Gasteiger partial charge in [0.05, 0.1) is 0 Å². The number of benzene rings is 1. The second kappa shape index (κ2) is 6.51. The zero-order chi connectivity index (χ0) is 9.68. The summed E-state index contributed by atoms with van der Waals surface area (Å²) in [4.78, 5) is 0. The van der Waals surface area contributed by atoms with E-state index in [2.05, 4.69) is 0 Å². The summed E-state index contributed by atoms with van der Waals surface area (Å²) >= 11 is 5.65. The van der Waals surface area contributed by atoms with E-state index in [4.69, 9.17) is 22.9 Å². The van der Waals surface area contributed by atoms with E-state index in [1.807, 2.05) is 30.3 Å². The third-order valence-corrected chi connectivity index (χ3v) is 2.05. The van der Waals surface area contributed by atoms with Gasteiger partial charge in [-0.1, -0.05) is 30.3 Å². The van der Waals surface area contributed by atoms with E-state index in [1.54, 1.807) is 0 Å². The zero-order valence-corrected chi connectivity index (χ0v) is 9.18. The Labute approximate surface area is 94.9 Å². The molecule has 0 aliphatic heterocycles. The van der Waals surface area contributed by atoms with Gasteiger partial charge in [-0.05, 0) is 12.0 Å². The van der Waals surface area contributed by atoms with Crippen LogP contribution in [0.3, 0.4) is 0 Å². The number of halogens is 2. The molecule has 1 rings (SSSR count). The van der Waals surface area contributed by atoms with Crippen LogP contribution in [0.2, 0.25) is 0 Å². The molecule has 1 aromatic rings. The second-order valence-electron chi connectivity index (χ2n) is 2.71. The minimum absolute atomic E-state index is 0. The molecule has 0 fully saturated rings. The predicted octanol–water partition coefficient (Wildman–Crippen LogP) is 2.00. The zero-order valence-electron chi connectivity index (χ0n) is 7.61. The van der Waals surface area contributed by atoms with Gasteiger partial charge in [0.1, 0.15) is 0 Å². The first kappa shape index (κ1) is 13.1. The summed E-state index contributed by atoms with van der Waals surface area (Å²) in [7, 11) is 0. The van der Waals surface area contributed by atoms with E-state index in [-0.39, 0.29) is 18.4 Å². The van der Waals surface area contributed by atoms with E-state index >= 15 is 0 Å². The van der Waals surface area contributed by atoms with Crippen LogP contribution in [0.5, 0.6) is 0 Å². The third kappa shape index (κ3) is 4.35. The number of nitrogens with one attached hydrogen (secondary N) is 1. The minimum atomic E-state index is -0.113. The predicted molar refractivity (Wildman–Crippen MR) is 61.9 cm³/mol. The van der Waals surface area contributed by atoms with Gasteiger partial charge in [0.15, 0.2) is 0 Å². The Bertz CT molecular complexity index is 277. The van der Waals surface area contributed by atoms with Gasteiger partial charge in [0.25, 0.3) is 0 Å². The monoisotopic (exact) mass is 233 g/mol. The standard InChI is InChI=1S/C9H12ClN3.ClH/c10-13(9(11)12)7-6-8-4-2-1-3-5-8;/h1-5H,6-7H2,(H3,11,12);1H. The minimum Gasteiger partial charge on any atom is -0.369 e. The van der Waals surface area contributed by atoms with E-state index in [1.165, 1.54) is 9.98 Å². The highest BCUT2D eigenvalue weighted by molar-refractivity contribution is 6.21. The quantitative estimate of drug-likeness (QED) is 0.477. The van der Waals surface area contributed by atoms with Crippen LogP contribution in [0.15, 0.2) is 30.3 Å². The van der Waals surface area contributed by atoms with Crippen molar-refractivity contribution in [2.45, 2.75) is 6.42 Å². The number of rotatable bonds is 3. The van der Waals surface area contributed by atoms with Crippen LogP contribution >= 0.6 is 24.2 Å². The van der Waals surface area contributed by atoms with Crippen LogP contribution in [-0.2, 0) is 6.42 Å². The molecule has 78 valence electrons. The Morgan fingerprint density at radius 3 is 2.43 bits per heavy atom. The molecule has 0 aromatic heterocycles. The highest BCUT2D eigenvalue weighted by Crippen LogP contribution is 2.02. The molecule has 0 bridgehead atoms. The first-order valence-electron chi connectivity index (χ1n) is 4.01. The third-order valence-electron chi connectivity index (χ3n) is 1.70. The van der Waals surface area contributed by atoms with E-state index in [9.17, 15) is 0 Å². The fourth-order valence-corrected chi connectivity index (χ4v) is 1.08. The summed E-state index contributed by atoms with van der Waals surface area (Å²) in [5.41, 5.74) is 6.37. The van der Waals surface area contributed by atoms with Gasteiger partial charge < -0.3 is 5.73 Å². The Hall–Kier alpha value is -0.930. The fraction of sp³-hybridized carbons (Fsp3) is 0.222. The average molecular weight is 234 g/mol. The molecule has 0 unspecified atom stereocenters. The topological polar surface area (TPSA) is 53.1 Å². The summed E-state index contributed by atoms with van der Waals surface area (Å²) < 4.78 is 1.20. The van der Waals surface area contributed by atoms with Crippen LogP contribution in [0.4, 0.5) is 0 Å². The summed E-state index contributed by atoms with van der Waals surface area (Å²) in [5, 5.41) is 7.04. The lowest BCUT2D eigenvalue weighted by Crippen LogP contribution is -2.30. The summed E-state index contributed by atoms with van der Waals surface area (Å²) in [5.74, 6) is -0.113. The number of nitrogens with zero attached hydrogens (tertiary/aromatic N) is 1. The van der Waals surface area contributed by atoms with Crippen LogP contribution < -0.4 is 5.73 Å². The molecule has 0 atom stereocenters. The molecular weight excluding hydrogens is 221 g/mol. The van der Waals surface area contributed by atoms with Crippen molar-refractivity contribution < 1.29 is 0 Å². The molecule has 0 aliphatic carbocycles. The fourth-order valence-electron chi connectivity index (χ4n) is 0.992. The normalized spacial score (nSPS) is 8.93. The summed E-state index contributed by atoms with van der Waals surface area (Å²) in [6.45, 7) is 0.556. The molecule has 0 amide bonds. The van der Waals surface area contributed by atoms with E-state index < -0.39 is 0 Å². The van der Waals surface area contributed by atoms with Crippen molar-refractivity contribution in [3.8, 4) is 0 Å². The molecule has 0 saturated carbocycles. The van der Waals surface area contributed by atoms with Crippen molar-refractivity contribution in [1.82, 2.24) is 4.42 Å². The van der Waals surface area contributed by atoms with Gasteiger partial charge >= 0.3 is 0 Å². The van der Waals surface area contributed by atoms with Gasteiger partial charge in [-0.25, -0.2) is 0 Å². The average Bonchev–Trinajstić information content (AvgIpc) is 2.15. The number of guanidine groups is 1. The van der Waals surface area contributed by atoms with Crippen molar-refractivity contribution in [2.24, 2.45) is 5.73 Å². The molecular formula is C9H13Cl2N3. The van der Waals surface area contributed by atoms with Crippen LogP contribution in [-0.4, -0.2) is 16.9 Å². The van der Waals surface area contributed by atoms with Crippen molar-refractivity contribution >= 4 is 30.1 Å². The molecule has 0 saturated heterocycles. The highest BCUT2D eigenvalue weighted by atomic mass is 35.5. The number of hydrogen-bond donors (Lipinski definition) is 2. The van der Waals surface area contributed by atoms with Crippen LogP contribution in [0.1, 0.15) is 5.56 Å². The first-order valence-corrected chi connectivity index (χ1v) is 4.35. The smallest absolute Gasteiger partial charge is 0.203 e. The van der Waals surface area contributed by atoms with Crippen molar-refractivity contribution in [1.29, 1.82) is 5.41 Å². The maximum Gasteiger partial charge on any atom is 0.203 e. The summed E-state index contributed by atoms with van der Waals surface area (Å²) in [6.07, 6.45) is 0.796. The van der Waals surface area contributed by atoms with Crippen molar-refractivity contribution in [3.63, 3.8) is 0 Å². The second-order valence-corrected chi connectivity index (χ2v) is 3.11. The first-order chi connectivity index (χ1) is 6.20. The van der Waals surface area contributed by atoms with E-state index in [0.717, 1.165) is 6.42 Å². The lowest BCUT2D eigenvalue weighted by atomic mass is 10.1. The van der Waals surface area contributed by atoms with Gasteiger partial charge in [-0.15, -0.1) is 12.4 Å². The molecule has 14 heavy (non-hydrogen) atoms. The molecule has 0 spiro atoms. The van der Waals surface area contributed by atoms with Crippen LogP contribution in [0, 0.1) is 5.41 Å². The molecule has 0 radical (unpaired) electrons. The maximum atomic E-state index is 7.04. The van der Waals surface area contributed by atoms with Crippen molar-refractivity contribution in [3.05, 3.63) is 35.9 Å². The number of hydrogen-bond acceptors (Lipinski definition) is 1. The molecule has 3 nitrogen and oxygen atoms in total. The Morgan fingerprint density at radius 1 is 1.36 bits per heavy atom. The molecule has 0 aliphatic rings. The molecule has 0 heterocycles. The van der Waals surface area contributed by atoms with Gasteiger partial charge in [-0.3, -0.25) is 9.83 Å². The maximum absolute atomic E-state index is 7.04. The van der Waals surface area contributed by atoms with Crippen molar-refractivity contribution in [2.75, 3.05) is 6.54 Å².